The Bertz CT molecular complexity index is 831. The number of carbonyl (C=O) groups excluding carboxylic acids is 3. The Balaban J connectivity index is 1.72. The van der Waals surface area contributed by atoms with E-state index in [1.165, 1.54) is 12.1 Å². The molecule has 0 fully saturated rings. The first-order chi connectivity index (χ1) is 11.5. The average molecular weight is 326 g/mol. The van der Waals surface area contributed by atoms with Crippen LogP contribution in [0.4, 0.5) is 10.1 Å². The fraction of sp³-hybridized carbons (Fsp3) is 0.167. The Hall–Kier alpha value is -3.02. The summed E-state index contributed by atoms with van der Waals surface area (Å²) in [6, 6.07) is 11.1. The summed E-state index contributed by atoms with van der Waals surface area (Å²) in [4.78, 5) is 37.2. The summed E-state index contributed by atoms with van der Waals surface area (Å²) in [5.41, 5.74) is 1.41. The van der Waals surface area contributed by atoms with Crippen molar-refractivity contribution in [3.05, 3.63) is 65.0 Å². The molecule has 0 unspecified atom stereocenters. The molecule has 0 atom stereocenters. The van der Waals surface area contributed by atoms with E-state index in [2.05, 4.69) is 5.32 Å². The van der Waals surface area contributed by atoms with E-state index in [0.29, 0.717) is 5.69 Å². The first-order valence-corrected chi connectivity index (χ1v) is 7.54. The van der Waals surface area contributed by atoms with Crippen molar-refractivity contribution in [1.82, 2.24) is 4.90 Å². The third kappa shape index (κ3) is 2.78. The molecular formula is C18H15FN2O3. The molecular weight excluding hydrogens is 311 g/mol. The molecule has 1 heterocycles. The SMILES string of the molecule is CCc1ccc(NC(=O)CN2C(=O)c3cccc(F)c3C2=O)cc1. The van der Waals surface area contributed by atoms with E-state index in [1.54, 1.807) is 12.1 Å². The third-order valence-corrected chi connectivity index (χ3v) is 3.90. The van der Waals surface area contributed by atoms with Crippen LogP contribution in [0.1, 0.15) is 33.2 Å². The molecule has 0 aromatic heterocycles. The summed E-state index contributed by atoms with van der Waals surface area (Å²) in [6.07, 6.45) is 0.884. The predicted octanol–water partition coefficient (Wildman–Crippen LogP) is 2.62. The first kappa shape index (κ1) is 15.9. The van der Waals surface area contributed by atoms with Gasteiger partial charge in [0.2, 0.25) is 5.91 Å². The summed E-state index contributed by atoms with van der Waals surface area (Å²) >= 11 is 0. The fourth-order valence-corrected chi connectivity index (χ4v) is 2.60. The van der Waals surface area contributed by atoms with E-state index in [9.17, 15) is 18.8 Å². The van der Waals surface area contributed by atoms with Gasteiger partial charge in [-0.15, -0.1) is 0 Å². The number of hydrogen-bond acceptors (Lipinski definition) is 3. The van der Waals surface area contributed by atoms with Gasteiger partial charge in [-0.1, -0.05) is 25.1 Å². The Kier molecular flexibility index (Phi) is 4.12. The van der Waals surface area contributed by atoms with Crippen LogP contribution in [0.25, 0.3) is 0 Å². The van der Waals surface area contributed by atoms with E-state index in [1.807, 2.05) is 19.1 Å². The number of aryl methyl sites for hydroxylation is 1. The van der Waals surface area contributed by atoms with Crippen molar-refractivity contribution in [3.63, 3.8) is 0 Å². The van der Waals surface area contributed by atoms with E-state index in [-0.39, 0.29) is 11.1 Å². The zero-order valence-electron chi connectivity index (χ0n) is 13.0. The van der Waals surface area contributed by atoms with E-state index in [0.717, 1.165) is 23.0 Å². The third-order valence-electron chi connectivity index (χ3n) is 3.90. The van der Waals surface area contributed by atoms with Gasteiger partial charge in [0.1, 0.15) is 12.4 Å². The van der Waals surface area contributed by atoms with Gasteiger partial charge < -0.3 is 5.32 Å². The molecule has 0 spiro atoms. The Morgan fingerprint density at radius 1 is 1.08 bits per heavy atom. The lowest BCUT2D eigenvalue weighted by Crippen LogP contribution is -2.37. The zero-order chi connectivity index (χ0) is 17.3. The number of amides is 3. The van der Waals surface area contributed by atoms with Crippen molar-refractivity contribution in [2.75, 3.05) is 11.9 Å². The quantitative estimate of drug-likeness (QED) is 0.878. The molecule has 0 aliphatic carbocycles. The lowest BCUT2D eigenvalue weighted by atomic mass is 10.1. The number of halogens is 1. The van der Waals surface area contributed by atoms with Gasteiger partial charge in [-0.3, -0.25) is 19.3 Å². The second-order valence-corrected chi connectivity index (χ2v) is 5.46. The molecule has 3 amide bonds. The van der Waals surface area contributed by atoms with Crippen molar-refractivity contribution >= 4 is 23.4 Å². The maximum atomic E-state index is 13.7. The van der Waals surface area contributed by atoms with E-state index >= 15 is 0 Å². The van der Waals surface area contributed by atoms with Crippen LogP contribution in [0.5, 0.6) is 0 Å². The van der Waals surface area contributed by atoms with Gasteiger partial charge in [0.25, 0.3) is 11.8 Å². The van der Waals surface area contributed by atoms with Crippen LogP contribution in [0.3, 0.4) is 0 Å². The number of benzene rings is 2. The summed E-state index contributed by atoms with van der Waals surface area (Å²) < 4.78 is 13.7. The first-order valence-electron chi connectivity index (χ1n) is 7.54. The van der Waals surface area contributed by atoms with Gasteiger partial charge >= 0.3 is 0 Å². The molecule has 5 nitrogen and oxygen atoms in total. The van der Waals surface area contributed by atoms with Gasteiger partial charge in [0.05, 0.1) is 11.1 Å². The highest BCUT2D eigenvalue weighted by Gasteiger charge is 2.38. The summed E-state index contributed by atoms with van der Waals surface area (Å²) in [5, 5.41) is 2.62. The Morgan fingerprint density at radius 2 is 1.79 bits per heavy atom. The van der Waals surface area contributed by atoms with Crippen molar-refractivity contribution < 1.29 is 18.8 Å². The molecule has 122 valence electrons. The summed E-state index contributed by atoms with van der Waals surface area (Å²) in [6.45, 7) is 1.57. The van der Waals surface area contributed by atoms with Crippen LogP contribution in [0.15, 0.2) is 42.5 Å². The maximum Gasteiger partial charge on any atom is 0.265 e. The molecule has 0 saturated carbocycles. The second-order valence-electron chi connectivity index (χ2n) is 5.46. The minimum atomic E-state index is -0.787. The molecule has 0 bridgehead atoms. The normalized spacial score (nSPS) is 13.2. The molecule has 3 rings (SSSR count). The molecule has 6 heteroatoms. The molecule has 0 radical (unpaired) electrons. The highest BCUT2D eigenvalue weighted by atomic mass is 19.1. The number of anilines is 1. The topological polar surface area (TPSA) is 66.5 Å². The Labute approximate surface area is 138 Å². The van der Waals surface area contributed by atoms with Crippen molar-refractivity contribution in [2.24, 2.45) is 0 Å². The van der Waals surface area contributed by atoms with Gasteiger partial charge in [-0.05, 0) is 36.2 Å². The second kappa shape index (κ2) is 6.23. The number of imide groups is 1. The number of nitrogens with zero attached hydrogens (tertiary/aromatic N) is 1. The largest absolute Gasteiger partial charge is 0.325 e. The number of hydrogen-bond donors (Lipinski definition) is 1. The highest BCUT2D eigenvalue weighted by molar-refractivity contribution is 6.22. The zero-order valence-corrected chi connectivity index (χ0v) is 13.0. The van der Waals surface area contributed by atoms with Gasteiger partial charge in [-0.25, -0.2) is 4.39 Å². The lowest BCUT2D eigenvalue weighted by Gasteiger charge is -2.13. The van der Waals surface area contributed by atoms with Crippen LogP contribution in [0, 0.1) is 5.82 Å². The van der Waals surface area contributed by atoms with Crippen LogP contribution >= 0.6 is 0 Å². The van der Waals surface area contributed by atoms with Gasteiger partial charge in [0.15, 0.2) is 0 Å². The molecule has 24 heavy (non-hydrogen) atoms. The van der Waals surface area contributed by atoms with Crippen LogP contribution in [0.2, 0.25) is 0 Å². The van der Waals surface area contributed by atoms with Crippen molar-refractivity contribution in [2.45, 2.75) is 13.3 Å². The molecule has 2 aromatic rings. The maximum absolute atomic E-state index is 13.7. The minimum Gasteiger partial charge on any atom is -0.325 e. The average Bonchev–Trinajstić information content (AvgIpc) is 2.81. The predicted molar refractivity (Wildman–Crippen MR) is 86.2 cm³/mol. The number of nitrogens with one attached hydrogen (secondary N) is 1. The molecule has 0 saturated heterocycles. The van der Waals surface area contributed by atoms with Gasteiger partial charge in [0, 0.05) is 5.69 Å². The van der Waals surface area contributed by atoms with Crippen LogP contribution < -0.4 is 5.32 Å². The van der Waals surface area contributed by atoms with Gasteiger partial charge in [-0.2, -0.15) is 0 Å². The monoisotopic (exact) mass is 326 g/mol. The molecule has 1 aliphatic heterocycles. The fourth-order valence-electron chi connectivity index (χ4n) is 2.60. The van der Waals surface area contributed by atoms with Crippen molar-refractivity contribution in [3.8, 4) is 0 Å². The molecule has 1 aliphatic rings. The standard InChI is InChI=1S/C18H15FN2O3/c1-2-11-6-8-12(9-7-11)20-15(22)10-21-17(23)13-4-3-5-14(19)16(13)18(21)24/h3-9H,2,10H2,1H3,(H,20,22). The number of fused-ring (bicyclic) bond motifs is 1. The number of carbonyl (C=O) groups is 3. The smallest absolute Gasteiger partial charge is 0.265 e. The van der Waals surface area contributed by atoms with E-state index < -0.39 is 30.1 Å². The summed E-state index contributed by atoms with van der Waals surface area (Å²) in [7, 11) is 0. The molecule has 1 N–H and O–H groups in total. The summed E-state index contributed by atoms with van der Waals surface area (Å²) in [5.74, 6) is -2.73. The highest BCUT2D eigenvalue weighted by Crippen LogP contribution is 2.25. The molecule has 2 aromatic carbocycles. The minimum absolute atomic E-state index is 0.0138. The number of rotatable bonds is 4. The Morgan fingerprint density at radius 3 is 2.42 bits per heavy atom. The lowest BCUT2D eigenvalue weighted by molar-refractivity contribution is -0.116. The van der Waals surface area contributed by atoms with Crippen molar-refractivity contribution in [1.29, 1.82) is 0 Å². The van der Waals surface area contributed by atoms with Crippen LogP contribution in [-0.2, 0) is 11.2 Å². The van der Waals surface area contributed by atoms with E-state index in [4.69, 9.17) is 0 Å². The van der Waals surface area contributed by atoms with Crippen LogP contribution in [-0.4, -0.2) is 29.2 Å².